The molecule has 0 radical (unpaired) electrons. The third kappa shape index (κ3) is 1.99. The van der Waals surface area contributed by atoms with Gasteiger partial charge in [0.1, 0.15) is 0 Å². The van der Waals surface area contributed by atoms with Gasteiger partial charge in [-0.15, -0.1) is 11.3 Å². The average Bonchev–Trinajstić information content (AvgIpc) is 2.72. The first-order valence-corrected chi connectivity index (χ1v) is 6.76. The Morgan fingerprint density at radius 2 is 2.38 bits per heavy atom. The zero-order valence-corrected chi connectivity index (χ0v) is 10.3. The molecular weight excluding hydrogens is 244 g/mol. The van der Waals surface area contributed by atoms with Gasteiger partial charge in [0.25, 0.3) is 0 Å². The molecule has 2 heteroatoms. The lowest BCUT2D eigenvalue weighted by molar-refractivity contribution is 0.417. The van der Waals surface area contributed by atoms with Crippen molar-refractivity contribution in [2.24, 2.45) is 11.8 Å². The Balaban J connectivity index is 2.08. The van der Waals surface area contributed by atoms with Crippen molar-refractivity contribution in [2.75, 3.05) is 0 Å². The first kappa shape index (κ1) is 9.72. The molecule has 2 rings (SSSR count). The normalized spacial score (nSPS) is 30.6. The molecule has 1 aliphatic carbocycles. The van der Waals surface area contributed by atoms with E-state index < -0.39 is 0 Å². The molecule has 72 valence electrons. The Kier molecular flexibility index (Phi) is 3.10. The van der Waals surface area contributed by atoms with E-state index in [0.717, 1.165) is 11.8 Å². The number of rotatable bonds is 2. The summed E-state index contributed by atoms with van der Waals surface area (Å²) in [6.07, 6.45) is 4.23. The van der Waals surface area contributed by atoms with Gasteiger partial charge in [0, 0.05) is 4.88 Å². The molecule has 13 heavy (non-hydrogen) atoms. The van der Waals surface area contributed by atoms with Gasteiger partial charge in [-0.05, 0) is 29.7 Å². The van der Waals surface area contributed by atoms with Gasteiger partial charge in [-0.3, -0.25) is 0 Å². The molecule has 1 heterocycles. The molecular formula is C11H15BrS. The number of halogens is 1. The zero-order chi connectivity index (χ0) is 9.26. The molecule has 0 N–H and O–H groups in total. The van der Waals surface area contributed by atoms with E-state index in [0.29, 0.717) is 4.83 Å². The van der Waals surface area contributed by atoms with Crippen LogP contribution in [0.4, 0.5) is 0 Å². The lowest BCUT2D eigenvalue weighted by Gasteiger charge is -2.20. The average molecular weight is 259 g/mol. The highest BCUT2D eigenvalue weighted by Crippen LogP contribution is 2.45. The fourth-order valence-corrected chi connectivity index (χ4v) is 4.31. The fourth-order valence-electron chi connectivity index (χ4n) is 2.27. The van der Waals surface area contributed by atoms with E-state index in [1.165, 1.54) is 24.1 Å². The van der Waals surface area contributed by atoms with Crippen LogP contribution in [0, 0.1) is 11.8 Å². The maximum absolute atomic E-state index is 3.84. The summed E-state index contributed by atoms with van der Waals surface area (Å²) in [5.74, 6) is 1.75. The van der Waals surface area contributed by atoms with Crippen LogP contribution in [0.2, 0.25) is 0 Å². The molecule has 0 saturated heterocycles. The van der Waals surface area contributed by atoms with Crippen LogP contribution in [0.25, 0.3) is 0 Å². The molecule has 1 aliphatic rings. The minimum atomic E-state index is 0.602. The summed E-state index contributed by atoms with van der Waals surface area (Å²) in [6.45, 7) is 2.39. The van der Waals surface area contributed by atoms with E-state index in [9.17, 15) is 0 Å². The van der Waals surface area contributed by atoms with Crippen LogP contribution in [0.3, 0.4) is 0 Å². The second-order valence-corrected chi connectivity index (χ2v) is 5.96. The van der Waals surface area contributed by atoms with Crippen molar-refractivity contribution in [1.29, 1.82) is 0 Å². The van der Waals surface area contributed by atoms with E-state index in [-0.39, 0.29) is 0 Å². The van der Waals surface area contributed by atoms with Crippen LogP contribution in [0.5, 0.6) is 0 Å². The Hall–Kier alpha value is 0.180. The smallest absolute Gasteiger partial charge is 0.0519 e. The summed E-state index contributed by atoms with van der Waals surface area (Å²) in [6, 6.07) is 4.39. The third-order valence-corrected chi connectivity index (χ3v) is 5.55. The number of hydrogen-bond acceptors (Lipinski definition) is 1. The molecule has 1 saturated carbocycles. The minimum absolute atomic E-state index is 0.602. The summed E-state index contributed by atoms with van der Waals surface area (Å²) < 4.78 is 0. The summed E-state index contributed by atoms with van der Waals surface area (Å²) in [5.41, 5.74) is 0. The van der Waals surface area contributed by atoms with Crippen LogP contribution in [0.15, 0.2) is 17.5 Å². The molecule has 0 bridgehead atoms. The van der Waals surface area contributed by atoms with Gasteiger partial charge >= 0.3 is 0 Å². The molecule has 0 amide bonds. The largest absolute Gasteiger partial charge is 0.148 e. The van der Waals surface area contributed by atoms with Gasteiger partial charge in [-0.1, -0.05) is 41.8 Å². The highest BCUT2D eigenvalue weighted by atomic mass is 79.9. The summed E-state index contributed by atoms with van der Waals surface area (Å²) in [5, 5.41) is 2.17. The highest BCUT2D eigenvalue weighted by molar-refractivity contribution is 9.09. The monoisotopic (exact) mass is 258 g/mol. The van der Waals surface area contributed by atoms with Crippen molar-refractivity contribution in [3.63, 3.8) is 0 Å². The molecule has 1 aromatic rings. The van der Waals surface area contributed by atoms with Gasteiger partial charge in [-0.25, -0.2) is 0 Å². The van der Waals surface area contributed by atoms with Crippen LogP contribution >= 0.6 is 27.3 Å². The van der Waals surface area contributed by atoms with Gasteiger partial charge < -0.3 is 0 Å². The number of hydrogen-bond donors (Lipinski definition) is 0. The number of thiophene rings is 1. The van der Waals surface area contributed by atoms with Crippen LogP contribution in [-0.2, 0) is 0 Å². The summed E-state index contributed by atoms with van der Waals surface area (Å²) in [4.78, 5) is 2.10. The highest BCUT2D eigenvalue weighted by Gasteiger charge is 2.30. The maximum Gasteiger partial charge on any atom is 0.0519 e. The lowest BCUT2D eigenvalue weighted by atomic mass is 9.94. The van der Waals surface area contributed by atoms with Crippen LogP contribution < -0.4 is 0 Å². The van der Waals surface area contributed by atoms with E-state index >= 15 is 0 Å². The molecule has 3 atom stereocenters. The Bertz CT molecular complexity index is 255. The van der Waals surface area contributed by atoms with E-state index in [1.807, 2.05) is 11.3 Å². The van der Waals surface area contributed by atoms with Crippen molar-refractivity contribution < 1.29 is 0 Å². The zero-order valence-electron chi connectivity index (χ0n) is 7.87. The predicted molar refractivity (Wildman–Crippen MR) is 62.5 cm³/mol. The lowest BCUT2D eigenvalue weighted by Crippen LogP contribution is -2.09. The van der Waals surface area contributed by atoms with Crippen molar-refractivity contribution in [3.8, 4) is 0 Å². The molecule has 3 unspecified atom stereocenters. The maximum atomic E-state index is 3.84. The van der Waals surface area contributed by atoms with E-state index in [1.54, 1.807) is 0 Å². The fraction of sp³-hybridized carbons (Fsp3) is 0.636. The Morgan fingerprint density at radius 3 is 2.92 bits per heavy atom. The quantitative estimate of drug-likeness (QED) is 0.680. The first-order chi connectivity index (χ1) is 6.29. The minimum Gasteiger partial charge on any atom is -0.148 e. The predicted octanol–water partition coefficient (Wildman–Crippen LogP) is 4.62. The van der Waals surface area contributed by atoms with Crippen LogP contribution in [-0.4, -0.2) is 0 Å². The summed E-state index contributed by atoms with van der Waals surface area (Å²) in [7, 11) is 0. The standard InChI is InChI=1S/C11H15BrS/c1-8-4-2-5-9(8)11(12)10-6-3-7-13-10/h3,6-9,11H,2,4-5H2,1H3. The second-order valence-electron chi connectivity index (χ2n) is 3.99. The van der Waals surface area contributed by atoms with Crippen molar-refractivity contribution in [3.05, 3.63) is 22.4 Å². The molecule has 0 aromatic carbocycles. The Labute approximate surface area is 92.5 Å². The first-order valence-electron chi connectivity index (χ1n) is 4.96. The molecule has 0 nitrogen and oxygen atoms in total. The van der Waals surface area contributed by atoms with E-state index in [2.05, 4.69) is 40.4 Å². The van der Waals surface area contributed by atoms with Gasteiger partial charge in [0.15, 0.2) is 0 Å². The summed E-state index contributed by atoms with van der Waals surface area (Å²) >= 11 is 5.72. The molecule has 0 spiro atoms. The SMILES string of the molecule is CC1CCCC1C(Br)c1cccs1. The van der Waals surface area contributed by atoms with Crippen molar-refractivity contribution in [2.45, 2.75) is 31.0 Å². The Morgan fingerprint density at radius 1 is 1.54 bits per heavy atom. The van der Waals surface area contributed by atoms with E-state index in [4.69, 9.17) is 0 Å². The second kappa shape index (κ2) is 4.14. The van der Waals surface area contributed by atoms with Crippen molar-refractivity contribution in [1.82, 2.24) is 0 Å². The molecule has 1 fully saturated rings. The van der Waals surface area contributed by atoms with Crippen molar-refractivity contribution >= 4 is 27.3 Å². The van der Waals surface area contributed by atoms with Gasteiger partial charge in [-0.2, -0.15) is 0 Å². The third-order valence-electron chi connectivity index (χ3n) is 3.12. The number of alkyl halides is 1. The van der Waals surface area contributed by atoms with Gasteiger partial charge in [0.05, 0.1) is 4.83 Å². The topological polar surface area (TPSA) is 0 Å². The molecule has 0 aliphatic heterocycles. The van der Waals surface area contributed by atoms with Gasteiger partial charge in [0.2, 0.25) is 0 Å². The van der Waals surface area contributed by atoms with Crippen LogP contribution in [0.1, 0.15) is 35.9 Å². The molecule has 1 aromatic heterocycles.